The molecule has 6 nitrogen and oxygen atoms in total. The first-order valence-electron chi connectivity index (χ1n) is 9.08. The molecule has 1 N–H and O–H groups in total. The lowest BCUT2D eigenvalue weighted by molar-refractivity contribution is -0.133. The van der Waals surface area contributed by atoms with Crippen molar-refractivity contribution in [3.05, 3.63) is 59.7 Å². The summed E-state index contributed by atoms with van der Waals surface area (Å²) in [6.07, 6.45) is 0.265. The van der Waals surface area contributed by atoms with E-state index in [1.807, 2.05) is 31.2 Å². The molecular weight excluding hydrogens is 344 g/mol. The van der Waals surface area contributed by atoms with Gasteiger partial charge in [0.25, 0.3) is 5.91 Å². The van der Waals surface area contributed by atoms with E-state index in [4.69, 9.17) is 4.74 Å². The molecule has 0 unspecified atom stereocenters. The first-order valence-corrected chi connectivity index (χ1v) is 9.08. The molecule has 0 aromatic heterocycles. The summed E-state index contributed by atoms with van der Waals surface area (Å²) in [5, 5.41) is 9.41. The van der Waals surface area contributed by atoms with Gasteiger partial charge in [-0.05, 0) is 31.2 Å². The first-order chi connectivity index (χ1) is 13.0. The molecule has 0 radical (unpaired) electrons. The van der Waals surface area contributed by atoms with Gasteiger partial charge in [-0.3, -0.25) is 9.59 Å². The molecule has 27 heavy (non-hydrogen) atoms. The molecule has 2 amide bonds. The quantitative estimate of drug-likeness (QED) is 0.880. The maximum absolute atomic E-state index is 12.6. The highest BCUT2D eigenvalue weighted by molar-refractivity contribution is 5.94. The molecule has 1 saturated heterocycles. The van der Waals surface area contributed by atoms with Crippen molar-refractivity contribution < 1.29 is 19.4 Å². The third kappa shape index (κ3) is 5.00. The molecule has 0 saturated carbocycles. The van der Waals surface area contributed by atoms with Crippen molar-refractivity contribution >= 4 is 11.8 Å². The number of carbonyl (C=O) groups excluding carboxylic acids is 2. The molecule has 0 bridgehead atoms. The van der Waals surface area contributed by atoms with Gasteiger partial charge in [-0.2, -0.15) is 0 Å². The number of amides is 2. The van der Waals surface area contributed by atoms with Gasteiger partial charge in [-0.1, -0.05) is 23.8 Å². The number of aromatic hydroxyl groups is 1. The van der Waals surface area contributed by atoms with Crippen LogP contribution in [0.15, 0.2) is 48.5 Å². The maximum atomic E-state index is 12.6. The molecule has 3 rings (SSSR count). The smallest absolute Gasteiger partial charge is 0.253 e. The van der Waals surface area contributed by atoms with E-state index >= 15 is 0 Å². The molecule has 0 atom stereocenters. The fourth-order valence-corrected chi connectivity index (χ4v) is 3.11. The van der Waals surface area contributed by atoms with Crippen LogP contribution in [0, 0.1) is 6.92 Å². The molecule has 2 aromatic carbocycles. The average Bonchev–Trinajstić information content (AvgIpc) is 2.67. The number of benzene rings is 2. The Morgan fingerprint density at radius 1 is 1.00 bits per heavy atom. The lowest BCUT2D eigenvalue weighted by Crippen LogP contribution is -2.50. The van der Waals surface area contributed by atoms with Gasteiger partial charge in [0.15, 0.2) is 0 Å². The van der Waals surface area contributed by atoms with Gasteiger partial charge in [-0.25, -0.2) is 0 Å². The lowest BCUT2D eigenvalue weighted by Gasteiger charge is -2.35. The number of aryl methyl sites for hydroxylation is 1. The van der Waals surface area contributed by atoms with E-state index in [0.29, 0.717) is 37.5 Å². The lowest BCUT2D eigenvalue weighted by atomic mass is 10.1. The number of rotatable bonds is 5. The van der Waals surface area contributed by atoms with Crippen LogP contribution in [0.1, 0.15) is 22.3 Å². The highest BCUT2D eigenvalue weighted by Gasteiger charge is 2.24. The Kier molecular flexibility index (Phi) is 5.96. The van der Waals surface area contributed by atoms with Crippen LogP contribution in [0.4, 0.5) is 0 Å². The zero-order chi connectivity index (χ0) is 19.2. The Labute approximate surface area is 159 Å². The van der Waals surface area contributed by atoms with Crippen molar-refractivity contribution in [2.24, 2.45) is 0 Å². The number of carbonyl (C=O) groups is 2. The molecule has 0 aliphatic carbocycles. The van der Waals surface area contributed by atoms with Crippen LogP contribution >= 0.6 is 0 Å². The topological polar surface area (TPSA) is 70.1 Å². The van der Waals surface area contributed by atoms with Gasteiger partial charge in [-0.15, -0.1) is 0 Å². The van der Waals surface area contributed by atoms with Crippen molar-refractivity contribution in [1.82, 2.24) is 9.80 Å². The van der Waals surface area contributed by atoms with Crippen LogP contribution in [0.5, 0.6) is 11.5 Å². The summed E-state index contributed by atoms with van der Waals surface area (Å²) in [7, 11) is 0. The summed E-state index contributed by atoms with van der Waals surface area (Å²) < 4.78 is 5.50. The van der Waals surface area contributed by atoms with Crippen LogP contribution in [-0.4, -0.2) is 59.5 Å². The molecule has 1 heterocycles. The summed E-state index contributed by atoms with van der Waals surface area (Å²) in [6, 6.07) is 14.1. The Hall–Kier alpha value is -3.02. The number of phenols is 1. The Morgan fingerprint density at radius 2 is 1.70 bits per heavy atom. The van der Waals surface area contributed by atoms with E-state index < -0.39 is 0 Å². The standard InChI is InChI=1S/C21H24N2O4/c1-16-4-2-5-17(14-16)21(26)23-11-9-22(10-12-23)20(25)8-13-27-19-7-3-6-18(24)15-19/h2-7,14-15,24H,8-13H2,1H3. The minimum absolute atomic E-state index is 0.0119. The van der Waals surface area contributed by atoms with E-state index in [1.54, 1.807) is 28.0 Å². The average molecular weight is 368 g/mol. The largest absolute Gasteiger partial charge is 0.508 e. The molecular formula is C21H24N2O4. The van der Waals surface area contributed by atoms with Crippen molar-refractivity contribution in [1.29, 1.82) is 0 Å². The molecule has 1 aliphatic rings. The number of phenolic OH excluding ortho intramolecular Hbond substituents is 1. The second-order valence-electron chi connectivity index (χ2n) is 6.64. The van der Waals surface area contributed by atoms with Crippen LogP contribution in [0.25, 0.3) is 0 Å². The Balaban J connectivity index is 1.44. The molecule has 142 valence electrons. The minimum Gasteiger partial charge on any atom is -0.508 e. The maximum Gasteiger partial charge on any atom is 0.253 e. The van der Waals surface area contributed by atoms with Crippen molar-refractivity contribution in [2.45, 2.75) is 13.3 Å². The first kappa shape index (κ1) is 18.8. The summed E-state index contributed by atoms with van der Waals surface area (Å²) in [5.41, 5.74) is 1.75. The third-order valence-corrected chi connectivity index (χ3v) is 4.59. The fraction of sp³-hybridized carbons (Fsp3) is 0.333. The predicted octanol–water partition coefficient (Wildman–Crippen LogP) is 2.45. The van der Waals surface area contributed by atoms with Crippen LogP contribution < -0.4 is 4.74 Å². The highest BCUT2D eigenvalue weighted by Crippen LogP contribution is 2.18. The Bertz CT molecular complexity index is 813. The molecule has 2 aromatic rings. The molecule has 1 aliphatic heterocycles. The third-order valence-electron chi connectivity index (χ3n) is 4.59. The number of hydrogen-bond acceptors (Lipinski definition) is 4. The summed E-state index contributed by atoms with van der Waals surface area (Å²) in [5.74, 6) is 0.695. The van der Waals surface area contributed by atoms with E-state index in [-0.39, 0.29) is 30.6 Å². The summed E-state index contributed by atoms with van der Waals surface area (Å²) >= 11 is 0. The van der Waals surface area contributed by atoms with E-state index in [0.717, 1.165) is 5.56 Å². The summed E-state index contributed by atoms with van der Waals surface area (Å²) in [6.45, 7) is 4.35. The molecule has 6 heteroatoms. The van der Waals surface area contributed by atoms with E-state index in [2.05, 4.69) is 0 Å². The van der Waals surface area contributed by atoms with Gasteiger partial charge in [0.2, 0.25) is 5.91 Å². The van der Waals surface area contributed by atoms with Gasteiger partial charge in [0, 0.05) is 37.8 Å². The van der Waals surface area contributed by atoms with Crippen LogP contribution in [-0.2, 0) is 4.79 Å². The normalized spacial score (nSPS) is 14.1. The van der Waals surface area contributed by atoms with Gasteiger partial charge in [0.1, 0.15) is 11.5 Å². The van der Waals surface area contributed by atoms with Crippen molar-refractivity contribution in [2.75, 3.05) is 32.8 Å². The number of ether oxygens (including phenoxy) is 1. The van der Waals surface area contributed by atoms with Gasteiger partial charge < -0.3 is 19.6 Å². The second kappa shape index (κ2) is 8.58. The van der Waals surface area contributed by atoms with E-state index in [1.165, 1.54) is 6.07 Å². The highest BCUT2D eigenvalue weighted by atomic mass is 16.5. The Morgan fingerprint density at radius 3 is 2.41 bits per heavy atom. The summed E-state index contributed by atoms with van der Waals surface area (Å²) in [4.78, 5) is 28.5. The zero-order valence-electron chi connectivity index (χ0n) is 15.4. The fourth-order valence-electron chi connectivity index (χ4n) is 3.11. The predicted molar refractivity (Wildman–Crippen MR) is 102 cm³/mol. The monoisotopic (exact) mass is 368 g/mol. The van der Waals surface area contributed by atoms with Crippen LogP contribution in [0.3, 0.4) is 0 Å². The van der Waals surface area contributed by atoms with Gasteiger partial charge in [0.05, 0.1) is 13.0 Å². The zero-order valence-corrected chi connectivity index (χ0v) is 15.4. The second-order valence-corrected chi connectivity index (χ2v) is 6.64. The number of nitrogens with zero attached hydrogens (tertiary/aromatic N) is 2. The van der Waals surface area contributed by atoms with E-state index in [9.17, 15) is 14.7 Å². The van der Waals surface area contributed by atoms with Gasteiger partial charge >= 0.3 is 0 Å². The molecule has 1 fully saturated rings. The van der Waals surface area contributed by atoms with Crippen LogP contribution in [0.2, 0.25) is 0 Å². The SMILES string of the molecule is Cc1cccc(C(=O)N2CCN(C(=O)CCOc3cccc(O)c3)CC2)c1. The van der Waals surface area contributed by atoms with Crippen molar-refractivity contribution in [3.8, 4) is 11.5 Å². The number of hydrogen-bond donors (Lipinski definition) is 1. The number of piperazine rings is 1. The van der Waals surface area contributed by atoms with Crippen molar-refractivity contribution in [3.63, 3.8) is 0 Å². The minimum atomic E-state index is 0.0119. The molecule has 0 spiro atoms.